The summed E-state index contributed by atoms with van der Waals surface area (Å²) in [4.78, 5) is 2.23. The minimum Gasteiger partial charge on any atom is -0.497 e. The summed E-state index contributed by atoms with van der Waals surface area (Å²) in [6.07, 6.45) is 2.12. The van der Waals surface area contributed by atoms with E-state index in [0.717, 1.165) is 41.4 Å². The maximum Gasteiger partial charge on any atom is 0.174 e. The lowest BCUT2D eigenvalue weighted by Gasteiger charge is -2.39. The van der Waals surface area contributed by atoms with Crippen molar-refractivity contribution in [1.82, 2.24) is 9.47 Å². The molecular formula is C23H25N3O2S. The fourth-order valence-electron chi connectivity index (χ4n) is 3.88. The van der Waals surface area contributed by atoms with Crippen molar-refractivity contribution in [3.63, 3.8) is 0 Å². The van der Waals surface area contributed by atoms with Crippen molar-refractivity contribution in [2.24, 2.45) is 0 Å². The van der Waals surface area contributed by atoms with E-state index in [1.54, 1.807) is 14.2 Å². The summed E-state index contributed by atoms with van der Waals surface area (Å²) in [6, 6.07) is 18.2. The number of aryl methyl sites for hydroxylation is 1. The Morgan fingerprint density at radius 3 is 2.62 bits per heavy atom. The lowest BCUT2D eigenvalue weighted by Crippen LogP contribution is -2.44. The molecule has 150 valence electrons. The smallest absolute Gasteiger partial charge is 0.174 e. The third kappa shape index (κ3) is 3.68. The molecular weight excluding hydrogens is 382 g/mol. The van der Waals surface area contributed by atoms with E-state index in [1.807, 2.05) is 30.3 Å². The molecule has 0 saturated carbocycles. The van der Waals surface area contributed by atoms with Crippen LogP contribution >= 0.6 is 12.2 Å². The highest BCUT2D eigenvalue weighted by Gasteiger charge is 2.33. The molecule has 2 heterocycles. The number of aromatic nitrogens is 1. The molecule has 0 fully saturated rings. The van der Waals surface area contributed by atoms with Crippen molar-refractivity contribution in [3.05, 3.63) is 77.6 Å². The predicted molar refractivity (Wildman–Crippen MR) is 120 cm³/mol. The Kier molecular flexibility index (Phi) is 5.45. The molecule has 0 radical (unpaired) electrons. The van der Waals surface area contributed by atoms with Gasteiger partial charge in [0.2, 0.25) is 0 Å². The summed E-state index contributed by atoms with van der Waals surface area (Å²) in [5.74, 6) is 1.61. The highest BCUT2D eigenvalue weighted by molar-refractivity contribution is 7.80. The number of methoxy groups -OCH3 is 2. The fraction of sp³-hybridized carbons (Fsp3) is 0.261. The molecule has 5 nitrogen and oxygen atoms in total. The van der Waals surface area contributed by atoms with E-state index in [-0.39, 0.29) is 6.04 Å². The monoisotopic (exact) mass is 407 g/mol. The molecule has 3 aromatic rings. The van der Waals surface area contributed by atoms with E-state index in [1.165, 1.54) is 5.69 Å². The van der Waals surface area contributed by atoms with Crippen LogP contribution in [0.15, 0.2) is 60.8 Å². The van der Waals surface area contributed by atoms with Gasteiger partial charge in [0, 0.05) is 36.2 Å². The van der Waals surface area contributed by atoms with Crippen LogP contribution in [-0.4, -0.2) is 35.3 Å². The van der Waals surface area contributed by atoms with E-state index in [4.69, 9.17) is 21.7 Å². The Bertz CT molecular complexity index is 1030. The van der Waals surface area contributed by atoms with Gasteiger partial charge in [-0.2, -0.15) is 0 Å². The van der Waals surface area contributed by atoms with Crippen LogP contribution in [0.25, 0.3) is 0 Å². The van der Waals surface area contributed by atoms with Gasteiger partial charge in [-0.1, -0.05) is 18.2 Å². The quantitative estimate of drug-likeness (QED) is 0.639. The molecule has 0 bridgehead atoms. The first-order valence-electron chi connectivity index (χ1n) is 9.62. The zero-order valence-electron chi connectivity index (χ0n) is 16.9. The minimum absolute atomic E-state index is 0.0761. The second-order valence-electron chi connectivity index (χ2n) is 7.08. The highest BCUT2D eigenvalue weighted by atomic mass is 32.1. The van der Waals surface area contributed by atoms with Crippen LogP contribution in [0, 0.1) is 6.92 Å². The van der Waals surface area contributed by atoms with Crippen LogP contribution in [0.3, 0.4) is 0 Å². The molecule has 0 spiro atoms. The minimum atomic E-state index is -0.0761. The molecule has 2 aromatic carbocycles. The number of nitrogens with one attached hydrogen (secondary N) is 1. The second-order valence-corrected chi connectivity index (χ2v) is 7.46. The third-order valence-electron chi connectivity index (χ3n) is 5.42. The molecule has 1 aromatic heterocycles. The standard InChI is InChI=1S/C23H25N3O2S/c1-16-7-4-5-8-19(16)24-23(29)26-14-13-25-12-6-9-20(25)22(26)18-15-17(27-2)10-11-21(18)28-3/h4-12,15,22H,13-14H2,1-3H3,(H,24,29)/t22-/m0/s1. The van der Waals surface area contributed by atoms with Gasteiger partial charge in [-0.25, -0.2) is 0 Å². The van der Waals surface area contributed by atoms with Crippen LogP contribution < -0.4 is 14.8 Å². The average molecular weight is 408 g/mol. The average Bonchev–Trinajstić information content (AvgIpc) is 3.23. The van der Waals surface area contributed by atoms with Gasteiger partial charge in [-0.3, -0.25) is 0 Å². The molecule has 1 aliphatic heterocycles. The van der Waals surface area contributed by atoms with Crippen LogP contribution in [0.2, 0.25) is 0 Å². The summed E-state index contributed by atoms with van der Waals surface area (Å²) in [7, 11) is 3.37. The van der Waals surface area contributed by atoms with E-state index in [0.29, 0.717) is 5.11 Å². The van der Waals surface area contributed by atoms with E-state index in [9.17, 15) is 0 Å². The Labute approximate surface area is 176 Å². The molecule has 1 atom stereocenters. The van der Waals surface area contributed by atoms with Gasteiger partial charge in [0.25, 0.3) is 0 Å². The Balaban J connectivity index is 1.76. The molecule has 6 heteroatoms. The predicted octanol–water partition coefficient (Wildman–Crippen LogP) is 4.62. The number of fused-ring (bicyclic) bond motifs is 1. The lowest BCUT2D eigenvalue weighted by atomic mass is 9.98. The van der Waals surface area contributed by atoms with Gasteiger partial charge in [0.05, 0.1) is 14.2 Å². The normalized spacial score (nSPS) is 15.6. The SMILES string of the molecule is COc1ccc(OC)c([C@H]2c3cccn3CCN2C(=S)Nc2ccccc2C)c1. The Hall–Kier alpha value is -2.99. The number of ether oxygens (including phenoxy) is 2. The molecule has 1 aliphatic rings. The zero-order chi connectivity index (χ0) is 20.4. The summed E-state index contributed by atoms with van der Waals surface area (Å²) < 4.78 is 13.5. The second kappa shape index (κ2) is 8.17. The number of nitrogens with zero attached hydrogens (tertiary/aromatic N) is 2. The number of anilines is 1. The van der Waals surface area contributed by atoms with E-state index >= 15 is 0 Å². The molecule has 29 heavy (non-hydrogen) atoms. The van der Waals surface area contributed by atoms with Crippen LogP contribution in [0.5, 0.6) is 11.5 Å². The first kappa shape index (κ1) is 19.3. The summed E-state index contributed by atoms with van der Waals surface area (Å²) in [6.45, 7) is 3.75. The molecule has 4 rings (SSSR count). The first-order chi connectivity index (χ1) is 14.1. The van der Waals surface area contributed by atoms with Crippen LogP contribution in [0.4, 0.5) is 5.69 Å². The van der Waals surface area contributed by atoms with E-state index in [2.05, 4.69) is 52.2 Å². The molecule has 0 aliphatic carbocycles. The molecule has 0 saturated heterocycles. The molecule has 0 unspecified atom stereocenters. The van der Waals surface area contributed by atoms with Gasteiger partial charge >= 0.3 is 0 Å². The van der Waals surface area contributed by atoms with Gasteiger partial charge in [0.1, 0.15) is 17.5 Å². The molecule has 0 amide bonds. The number of rotatable bonds is 4. The number of hydrogen-bond acceptors (Lipinski definition) is 3. The summed E-state index contributed by atoms with van der Waals surface area (Å²) in [5, 5.41) is 4.14. The first-order valence-corrected chi connectivity index (χ1v) is 10.0. The van der Waals surface area contributed by atoms with Gasteiger partial charge in [0.15, 0.2) is 5.11 Å². The number of hydrogen-bond donors (Lipinski definition) is 1. The van der Waals surface area contributed by atoms with Crippen molar-refractivity contribution in [2.45, 2.75) is 19.5 Å². The number of para-hydroxylation sites is 1. The van der Waals surface area contributed by atoms with Crippen molar-refractivity contribution in [1.29, 1.82) is 0 Å². The lowest BCUT2D eigenvalue weighted by molar-refractivity contribution is 0.284. The summed E-state index contributed by atoms with van der Waals surface area (Å²) in [5.41, 5.74) is 4.39. The van der Waals surface area contributed by atoms with Crippen molar-refractivity contribution in [2.75, 3.05) is 26.1 Å². The van der Waals surface area contributed by atoms with Crippen molar-refractivity contribution < 1.29 is 9.47 Å². The number of benzene rings is 2. The van der Waals surface area contributed by atoms with E-state index < -0.39 is 0 Å². The van der Waals surface area contributed by atoms with Crippen LogP contribution in [-0.2, 0) is 6.54 Å². The largest absolute Gasteiger partial charge is 0.497 e. The maximum absolute atomic E-state index is 5.87. The van der Waals surface area contributed by atoms with Crippen molar-refractivity contribution >= 4 is 23.0 Å². The highest BCUT2D eigenvalue weighted by Crippen LogP contribution is 2.39. The molecule has 1 N–H and O–H groups in total. The topological polar surface area (TPSA) is 38.7 Å². The number of thiocarbonyl (C=S) groups is 1. The Morgan fingerprint density at radius 1 is 1.03 bits per heavy atom. The van der Waals surface area contributed by atoms with Gasteiger partial charge in [-0.15, -0.1) is 0 Å². The summed E-state index contributed by atoms with van der Waals surface area (Å²) >= 11 is 5.87. The van der Waals surface area contributed by atoms with Gasteiger partial charge in [-0.05, 0) is 61.1 Å². The van der Waals surface area contributed by atoms with Crippen LogP contribution in [0.1, 0.15) is 22.9 Å². The zero-order valence-corrected chi connectivity index (χ0v) is 17.7. The third-order valence-corrected chi connectivity index (χ3v) is 5.75. The Morgan fingerprint density at radius 2 is 1.86 bits per heavy atom. The fourth-order valence-corrected chi connectivity index (χ4v) is 4.19. The maximum atomic E-state index is 5.87. The van der Waals surface area contributed by atoms with Crippen molar-refractivity contribution in [3.8, 4) is 11.5 Å². The van der Waals surface area contributed by atoms with Gasteiger partial charge < -0.3 is 24.3 Å².